The predicted octanol–water partition coefficient (Wildman–Crippen LogP) is 1.60. The lowest BCUT2D eigenvalue weighted by molar-refractivity contribution is -0.145. The molecule has 6 nitrogen and oxygen atoms in total. The van der Waals surface area contributed by atoms with Crippen molar-refractivity contribution in [1.29, 1.82) is 0 Å². The highest BCUT2D eigenvalue weighted by Crippen LogP contribution is 2.44. The smallest absolute Gasteiger partial charge is 0.186 e. The molecule has 0 aliphatic rings. The summed E-state index contributed by atoms with van der Waals surface area (Å²) in [6, 6.07) is 0. The molecule has 0 saturated carbocycles. The molecule has 0 aliphatic carbocycles. The normalized spacial score (nSPS) is 19.4. The molecule has 0 bridgehead atoms. The Kier molecular flexibility index (Phi) is 13.2. The van der Waals surface area contributed by atoms with E-state index in [1.54, 1.807) is 13.8 Å². The number of hydrogen-bond donors (Lipinski definition) is 2. The van der Waals surface area contributed by atoms with Crippen molar-refractivity contribution in [3.63, 3.8) is 0 Å². The molecule has 0 saturated heterocycles. The van der Waals surface area contributed by atoms with Crippen LogP contribution in [0, 0.1) is 5.41 Å². The van der Waals surface area contributed by atoms with Crippen LogP contribution < -0.4 is 0 Å². The van der Waals surface area contributed by atoms with Gasteiger partial charge in [-0.3, -0.25) is 9.59 Å². The van der Waals surface area contributed by atoms with Gasteiger partial charge >= 0.3 is 0 Å². The van der Waals surface area contributed by atoms with Gasteiger partial charge in [0.15, 0.2) is 26.9 Å². The molecule has 0 aromatic carbocycles. The van der Waals surface area contributed by atoms with E-state index in [2.05, 4.69) is 20.8 Å². The topological polar surface area (TPSA) is 81.1 Å². The zero-order valence-electron chi connectivity index (χ0n) is 23.4. The molecule has 0 aliphatic heterocycles. The first-order valence-corrected chi connectivity index (χ1v) is 13.1. The molecule has 2 N–H and O–H groups in total. The van der Waals surface area contributed by atoms with Gasteiger partial charge in [-0.25, -0.2) is 0 Å². The minimum Gasteiger partial charge on any atom is -0.382 e. The monoisotopic (exact) mass is 464 g/mol. The summed E-state index contributed by atoms with van der Waals surface area (Å²) in [6.45, 7) is 15.9. The zero-order chi connectivity index (χ0) is 26.1. The molecule has 0 aromatic heterocycles. The van der Waals surface area contributed by atoms with Crippen LogP contribution in [0.2, 0.25) is 0 Å². The maximum atomic E-state index is 14.0. The Hall–Kier alpha value is -0.625. The quantitative estimate of drug-likeness (QED) is 0.237. The van der Waals surface area contributed by atoms with E-state index in [4.69, 9.17) is 0 Å². The summed E-state index contributed by atoms with van der Waals surface area (Å²) in [7, 11) is 4.46. The molecule has 33 heavy (non-hydrogen) atoms. The van der Waals surface area contributed by atoms with Gasteiger partial charge in [-0.15, -0.1) is 0 Å². The average Bonchev–Trinajstić information content (AvgIpc) is 2.71. The number of carbonyl (C=O) groups excluding carboxylic acids is 2. The third-order valence-electron chi connectivity index (χ3n) is 7.97. The van der Waals surface area contributed by atoms with E-state index < -0.39 is 22.3 Å². The lowest BCUT2D eigenvalue weighted by Crippen LogP contribution is -2.63. The summed E-state index contributed by atoms with van der Waals surface area (Å²) in [5.74, 6) is -0.111. The van der Waals surface area contributed by atoms with Crippen molar-refractivity contribution in [2.75, 3.05) is 13.1 Å². The predicted molar refractivity (Wildman–Crippen MR) is 145 cm³/mol. The van der Waals surface area contributed by atoms with E-state index in [9.17, 15) is 19.8 Å². The van der Waals surface area contributed by atoms with Crippen molar-refractivity contribution < 1.29 is 19.8 Å². The van der Waals surface area contributed by atoms with Crippen molar-refractivity contribution in [1.82, 2.24) is 9.62 Å². The second-order valence-electron chi connectivity index (χ2n) is 10.8. The Morgan fingerprint density at radius 2 is 1.27 bits per heavy atom. The van der Waals surface area contributed by atoms with Gasteiger partial charge in [0.25, 0.3) is 0 Å². The van der Waals surface area contributed by atoms with Crippen LogP contribution in [0.5, 0.6) is 0 Å². The van der Waals surface area contributed by atoms with Crippen LogP contribution in [0.4, 0.5) is 0 Å². The van der Waals surface area contributed by atoms with Gasteiger partial charge in [-0.1, -0.05) is 60.3 Å². The van der Waals surface area contributed by atoms with E-state index in [1.807, 2.05) is 46.1 Å². The van der Waals surface area contributed by atoms with Crippen molar-refractivity contribution in [2.45, 2.75) is 124 Å². The first-order chi connectivity index (χ1) is 15.1. The molecule has 0 rings (SSSR count). The number of aliphatic hydroxyl groups is 2. The van der Waals surface area contributed by atoms with Gasteiger partial charge in [0.2, 0.25) is 0 Å². The molecular formula is C24H51B3N2O4. The number of ketones is 2. The average molecular weight is 464 g/mol. The number of hydrogen-bond acceptors (Lipinski definition) is 6. The van der Waals surface area contributed by atoms with Crippen LogP contribution in [0.25, 0.3) is 0 Å². The van der Waals surface area contributed by atoms with Crippen LogP contribution in [-0.4, -0.2) is 84.4 Å². The van der Waals surface area contributed by atoms with Crippen LogP contribution in [0.15, 0.2) is 0 Å². The fraction of sp³-hybridized carbons (Fsp3) is 0.917. The standard InChI is InChI=1S/C24H51B3N2O4/c1-9-13-21(5,19(30)18-29(27-25)24(8,33)16-12-4)23(7,15-11-3)28(26)17-20(31)22(6,32)14-10-2/h27,32-33H,9-18,25-26H2,1-8H3. The van der Waals surface area contributed by atoms with Crippen LogP contribution in [0.1, 0.15) is 107 Å². The van der Waals surface area contributed by atoms with Gasteiger partial charge < -0.3 is 19.8 Å². The molecule has 0 aromatic rings. The summed E-state index contributed by atoms with van der Waals surface area (Å²) in [5, 5.41) is 21.6. The lowest BCUT2D eigenvalue weighted by Gasteiger charge is -2.53. The molecule has 0 amide bonds. The van der Waals surface area contributed by atoms with E-state index >= 15 is 0 Å². The molecular weight excluding hydrogens is 413 g/mol. The van der Waals surface area contributed by atoms with E-state index in [0.29, 0.717) is 26.6 Å². The molecule has 0 heterocycles. The number of carbonyl (C=O) groups is 2. The fourth-order valence-electron chi connectivity index (χ4n) is 5.37. The van der Waals surface area contributed by atoms with E-state index in [0.717, 1.165) is 32.1 Å². The molecule has 0 fully saturated rings. The summed E-state index contributed by atoms with van der Waals surface area (Å²) >= 11 is 0. The van der Waals surface area contributed by atoms with Crippen molar-refractivity contribution in [3.05, 3.63) is 0 Å². The lowest BCUT2D eigenvalue weighted by atomic mass is 9.60. The van der Waals surface area contributed by atoms with Crippen LogP contribution in [0.3, 0.4) is 0 Å². The Balaban J connectivity index is 6.15. The van der Waals surface area contributed by atoms with Gasteiger partial charge in [0.1, 0.15) is 11.3 Å². The number of Topliss-reactive ketones (excluding diaryl/α,β-unsaturated/α-hetero) is 2. The molecule has 9 heteroatoms. The fourth-order valence-corrected chi connectivity index (χ4v) is 5.37. The Morgan fingerprint density at radius 1 is 0.788 bits per heavy atom. The minimum absolute atomic E-state index is 0.0955. The van der Waals surface area contributed by atoms with Gasteiger partial charge in [-0.05, 0) is 46.5 Å². The van der Waals surface area contributed by atoms with Crippen molar-refractivity contribution in [3.8, 4) is 0 Å². The minimum atomic E-state index is -1.36. The summed E-state index contributed by atoms with van der Waals surface area (Å²) < 4.78 is 0. The Morgan fingerprint density at radius 3 is 1.70 bits per heavy atom. The van der Waals surface area contributed by atoms with Crippen LogP contribution in [-0.2, 0) is 9.59 Å². The largest absolute Gasteiger partial charge is 0.382 e. The SMILES string of the molecule is BBN(CC(=O)C(C)(CCC)C(C)(CCC)N(B)CC(=O)C(C)(O)CCC)C(C)(O)CCC. The highest BCUT2D eigenvalue weighted by atomic mass is 16.3. The van der Waals surface area contributed by atoms with Gasteiger partial charge in [-0.2, -0.15) is 0 Å². The molecule has 190 valence electrons. The molecule has 0 spiro atoms. The molecule has 4 unspecified atom stereocenters. The first kappa shape index (κ1) is 32.4. The zero-order valence-corrected chi connectivity index (χ0v) is 23.4. The second kappa shape index (κ2) is 13.5. The highest BCUT2D eigenvalue weighted by Gasteiger charge is 2.51. The summed E-state index contributed by atoms with van der Waals surface area (Å²) in [4.78, 5) is 30.8. The van der Waals surface area contributed by atoms with Crippen LogP contribution >= 0.6 is 0 Å². The van der Waals surface area contributed by atoms with E-state index in [-0.39, 0.29) is 24.7 Å². The third kappa shape index (κ3) is 7.94. The first-order valence-electron chi connectivity index (χ1n) is 13.1. The highest BCUT2D eigenvalue weighted by molar-refractivity contribution is 6.87. The molecule has 0 radical (unpaired) electrons. The number of nitrogens with zero attached hydrogens (tertiary/aromatic N) is 2. The van der Waals surface area contributed by atoms with Gasteiger partial charge in [0.05, 0.1) is 14.3 Å². The second-order valence-corrected chi connectivity index (χ2v) is 10.8. The Bertz CT molecular complexity index is 633. The summed E-state index contributed by atoms with van der Waals surface area (Å²) in [5.41, 5.74) is -3.67. The third-order valence-corrected chi connectivity index (χ3v) is 7.97. The van der Waals surface area contributed by atoms with Crippen molar-refractivity contribution >= 4 is 34.6 Å². The maximum absolute atomic E-state index is 14.0. The maximum Gasteiger partial charge on any atom is 0.186 e. The number of rotatable bonds is 18. The molecule has 4 atom stereocenters. The summed E-state index contributed by atoms with van der Waals surface area (Å²) in [6.07, 6.45) is 5.75. The van der Waals surface area contributed by atoms with Gasteiger partial charge in [0, 0.05) is 17.5 Å². The van der Waals surface area contributed by atoms with Crippen molar-refractivity contribution in [2.24, 2.45) is 5.41 Å². The van der Waals surface area contributed by atoms with E-state index in [1.165, 1.54) is 0 Å². The Labute approximate surface area is 206 Å².